The molecule has 234 valence electrons. The highest BCUT2D eigenvalue weighted by Crippen LogP contribution is 2.46. The van der Waals surface area contributed by atoms with Crippen molar-refractivity contribution >= 4 is 75.4 Å². The van der Waals surface area contributed by atoms with Crippen molar-refractivity contribution in [3.05, 3.63) is 106 Å². The summed E-state index contributed by atoms with van der Waals surface area (Å²) >= 11 is 0. The van der Waals surface area contributed by atoms with Crippen LogP contribution in [0.2, 0.25) is 0 Å². The highest BCUT2D eigenvalue weighted by atomic mass is 14.3. The smallest absolute Gasteiger partial charge is 0.0332 e. The van der Waals surface area contributed by atoms with Crippen molar-refractivity contribution in [2.45, 2.75) is 80.1 Å². The van der Waals surface area contributed by atoms with Crippen LogP contribution in [-0.2, 0) is 10.8 Å². The SMILES string of the molecule is CC#Cc1cc(C(C)(C)C)cc2cc(C)c3c(cc4ccc5c6c(C)cc7cc(C(C)(C)C)cc(C#CC)c7c6cc6ccc3c4c65)c12. The number of fused-ring (bicyclic) bond motifs is 8. The van der Waals surface area contributed by atoms with Crippen LogP contribution < -0.4 is 0 Å². The van der Waals surface area contributed by atoms with E-state index in [1.807, 2.05) is 13.8 Å². The molecule has 0 atom stereocenters. The minimum Gasteiger partial charge on any atom is -0.101 e. The van der Waals surface area contributed by atoms with Gasteiger partial charge in [0.2, 0.25) is 0 Å². The van der Waals surface area contributed by atoms with Crippen LogP contribution in [0.3, 0.4) is 0 Å². The van der Waals surface area contributed by atoms with Gasteiger partial charge in [0.05, 0.1) is 0 Å². The Morgan fingerprint density at radius 3 is 1.15 bits per heavy atom. The molecule has 0 unspecified atom stereocenters. The van der Waals surface area contributed by atoms with Crippen LogP contribution in [-0.4, -0.2) is 0 Å². The van der Waals surface area contributed by atoms with Crippen LogP contribution in [0.1, 0.15) is 88.8 Å². The quantitative estimate of drug-likeness (QED) is 0.0901. The van der Waals surface area contributed by atoms with Crippen LogP contribution in [0, 0.1) is 37.5 Å². The van der Waals surface area contributed by atoms with E-state index in [2.05, 4.69) is 152 Å². The molecule has 0 saturated carbocycles. The molecule has 0 aromatic heterocycles. The van der Waals surface area contributed by atoms with Crippen molar-refractivity contribution in [2.75, 3.05) is 0 Å². The molecule has 8 rings (SSSR count). The summed E-state index contributed by atoms with van der Waals surface area (Å²) in [4.78, 5) is 0. The van der Waals surface area contributed by atoms with Gasteiger partial charge in [0.1, 0.15) is 0 Å². The molecule has 0 saturated heterocycles. The molecule has 0 nitrogen and oxygen atoms in total. The van der Waals surface area contributed by atoms with E-state index in [0.717, 1.165) is 11.1 Å². The monoisotopic (exact) mass is 618 g/mol. The van der Waals surface area contributed by atoms with Gasteiger partial charge >= 0.3 is 0 Å². The van der Waals surface area contributed by atoms with Gasteiger partial charge in [0.15, 0.2) is 0 Å². The van der Waals surface area contributed by atoms with Crippen molar-refractivity contribution < 1.29 is 0 Å². The number of rotatable bonds is 0. The predicted molar refractivity (Wildman–Crippen MR) is 212 cm³/mol. The molecule has 0 aliphatic carbocycles. The molecule has 0 bridgehead atoms. The number of benzene rings is 8. The molecule has 0 radical (unpaired) electrons. The molecule has 0 N–H and O–H groups in total. The maximum Gasteiger partial charge on any atom is 0.0332 e. The maximum absolute atomic E-state index is 3.49. The second-order valence-corrected chi connectivity index (χ2v) is 15.9. The van der Waals surface area contributed by atoms with E-state index >= 15 is 0 Å². The fraction of sp³-hybridized carbons (Fsp3) is 0.250. The molecule has 0 heteroatoms. The molecular weight excluding hydrogens is 577 g/mol. The first-order valence-corrected chi connectivity index (χ1v) is 17.2. The molecule has 48 heavy (non-hydrogen) atoms. The standard InChI is InChI=1S/C48H42/c1-11-13-29-21-35(47(5,6)7)23-33-19-27(3)41-37-17-16-32-26-40-42(38-18-15-31(45(37)46(32)38)25-39(41)43(29)33)28(4)20-34-24-36(48(8,9)10)22-30(14-12-2)44(34)40/h15-26H,1-10H3. The van der Waals surface area contributed by atoms with Gasteiger partial charge in [-0.25, -0.2) is 0 Å². The highest BCUT2D eigenvalue weighted by molar-refractivity contribution is 6.36. The molecule has 0 aliphatic heterocycles. The molecule has 0 fully saturated rings. The zero-order valence-corrected chi connectivity index (χ0v) is 29.9. The van der Waals surface area contributed by atoms with E-state index in [0.29, 0.717) is 0 Å². The zero-order chi connectivity index (χ0) is 33.9. The van der Waals surface area contributed by atoms with Crippen LogP contribution in [0.25, 0.3) is 75.4 Å². The Morgan fingerprint density at radius 1 is 0.396 bits per heavy atom. The van der Waals surface area contributed by atoms with Gasteiger partial charge in [-0.05, 0) is 150 Å². The Labute approximate surface area is 284 Å². The van der Waals surface area contributed by atoms with E-state index in [9.17, 15) is 0 Å². The lowest BCUT2D eigenvalue weighted by Gasteiger charge is -2.23. The van der Waals surface area contributed by atoms with Crippen molar-refractivity contribution in [1.82, 2.24) is 0 Å². The van der Waals surface area contributed by atoms with Crippen molar-refractivity contribution in [2.24, 2.45) is 0 Å². The number of aryl methyl sites for hydroxylation is 2. The molecule has 0 amide bonds. The first kappa shape index (κ1) is 30.3. The lowest BCUT2D eigenvalue weighted by atomic mass is 9.81. The van der Waals surface area contributed by atoms with Crippen molar-refractivity contribution in [3.63, 3.8) is 0 Å². The van der Waals surface area contributed by atoms with Crippen LogP contribution in [0.5, 0.6) is 0 Å². The molecule has 8 aromatic rings. The summed E-state index contributed by atoms with van der Waals surface area (Å²) in [6.45, 7) is 22.1. The number of hydrogen-bond acceptors (Lipinski definition) is 0. The van der Waals surface area contributed by atoms with Gasteiger partial charge < -0.3 is 0 Å². The zero-order valence-electron chi connectivity index (χ0n) is 29.9. The summed E-state index contributed by atoms with van der Waals surface area (Å²) in [5.74, 6) is 13.4. The fourth-order valence-corrected chi connectivity index (χ4v) is 8.30. The topological polar surface area (TPSA) is 0 Å². The minimum absolute atomic E-state index is 0.0413. The van der Waals surface area contributed by atoms with Crippen molar-refractivity contribution in [3.8, 4) is 23.7 Å². The van der Waals surface area contributed by atoms with E-state index in [-0.39, 0.29) is 10.8 Å². The average molecular weight is 619 g/mol. The largest absolute Gasteiger partial charge is 0.101 e. The molecule has 0 spiro atoms. The average Bonchev–Trinajstić information content (AvgIpc) is 3.01. The fourth-order valence-electron chi connectivity index (χ4n) is 8.30. The summed E-state index contributed by atoms with van der Waals surface area (Å²) in [6.07, 6.45) is 0. The van der Waals surface area contributed by atoms with Gasteiger partial charge in [-0.2, -0.15) is 0 Å². The van der Waals surface area contributed by atoms with Gasteiger partial charge in [0.25, 0.3) is 0 Å². The van der Waals surface area contributed by atoms with Crippen molar-refractivity contribution in [1.29, 1.82) is 0 Å². The molecule has 0 aliphatic rings. The van der Waals surface area contributed by atoms with Crippen LogP contribution in [0.4, 0.5) is 0 Å². The Hall–Kier alpha value is -5.04. The summed E-state index contributed by atoms with van der Waals surface area (Å²) in [5.41, 5.74) is 7.57. The van der Waals surface area contributed by atoms with E-state index in [4.69, 9.17) is 0 Å². The van der Waals surface area contributed by atoms with Gasteiger partial charge in [-0.15, -0.1) is 11.8 Å². The minimum atomic E-state index is 0.0413. The van der Waals surface area contributed by atoms with Gasteiger partial charge in [0, 0.05) is 21.9 Å². The van der Waals surface area contributed by atoms with Crippen LogP contribution >= 0.6 is 0 Å². The summed E-state index contributed by atoms with van der Waals surface area (Å²) < 4.78 is 0. The summed E-state index contributed by atoms with van der Waals surface area (Å²) in [5, 5.41) is 18.2. The summed E-state index contributed by atoms with van der Waals surface area (Å²) in [7, 11) is 0. The molecular formula is C48H42. The highest BCUT2D eigenvalue weighted by Gasteiger charge is 2.22. The normalized spacial score (nSPS) is 12.5. The van der Waals surface area contributed by atoms with E-state index < -0.39 is 0 Å². The van der Waals surface area contributed by atoms with Crippen LogP contribution in [0.15, 0.2) is 72.8 Å². The van der Waals surface area contributed by atoms with Gasteiger partial charge in [-0.1, -0.05) is 102 Å². The third kappa shape index (κ3) is 4.33. The third-order valence-electron chi connectivity index (χ3n) is 10.6. The number of hydrogen-bond donors (Lipinski definition) is 0. The summed E-state index contributed by atoms with van der Waals surface area (Å²) in [6, 6.07) is 28.5. The Kier molecular flexibility index (Phi) is 6.46. The first-order chi connectivity index (χ1) is 22.8. The molecule has 8 aromatic carbocycles. The molecule has 0 heterocycles. The Morgan fingerprint density at radius 2 is 0.792 bits per heavy atom. The Balaban J connectivity index is 1.53. The second-order valence-electron chi connectivity index (χ2n) is 15.9. The van der Waals surface area contributed by atoms with E-state index in [1.54, 1.807) is 0 Å². The van der Waals surface area contributed by atoms with E-state index in [1.165, 1.54) is 97.7 Å². The second kappa shape index (κ2) is 10.2. The first-order valence-electron chi connectivity index (χ1n) is 17.2. The Bertz CT molecular complexity index is 2620. The lowest BCUT2D eigenvalue weighted by Crippen LogP contribution is -2.11. The van der Waals surface area contributed by atoms with Gasteiger partial charge in [-0.3, -0.25) is 0 Å². The lowest BCUT2D eigenvalue weighted by molar-refractivity contribution is 0.590. The third-order valence-corrected chi connectivity index (χ3v) is 10.6. The predicted octanol–water partition coefficient (Wildman–Crippen LogP) is 13.2. The maximum atomic E-state index is 3.49.